The molecule has 0 aliphatic heterocycles. The number of aromatic nitrogens is 2. The lowest BCUT2D eigenvalue weighted by Crippen LogP contribution is -1.98. The second kappa shape index (κ2) is 6.13. The smallest absolute Gasteiger partial charge is 0.308 e. The van der Waals surface area contributed by atoms with Crippen LogP contribution in [-0.4, -0.2) is 23.2 Å². The molecule has 0 unspecified atom stereocenters. The fraction of sp³-hybridized carbons (Fsp3) is 0.286. The maximum atomic E-state index is 12.7. The molecule has 19 heavy (non-hydrogen) atoms. The highest BCUT2D eigenvalue weighted by atomic mass is 19.1. The number of nitrogens with zero attached hydrogens (tertiary/aromatic N) is 2. The van der Waals surface area contributed by atoms with Gasteiger partial charge in [0.15, 0.2) is 11.5 Å². The summed E-state index contributed by atoms with van der Waals surface area (Å²) in [6.07, 6.45) is 2.14. The van der Waals surface area contributed by atoms with Gasteiger partial charge in [0.05, 0.1) is 13.2 Å². The van der Waals surface area contributed by atoms with Gasteiger partial charge in [-0.05, 0) is 31.5 Å². The Balaban J connectivity index is 2.36. The lowest BCUT2D eigenvalue weighted by Gasteiger charge is -2.12. The Labute approximate surface area is 111 Å². The van der Waals surface area contributed by atoms with E-state index in [-0.39, 0.29) is 0 Å². The second-order valence-corrected chi connectivity index (χ2v) is 3.77. The van der Waals surface area contributed by atoms with Crippen LogP contribution in [0.2, 0.25) is 0 Å². The van der Waals surface area contributed by atoms with Crippen LogP contribution in [0, 0.1) is 6.08 Å². The predicted octanol–water partition coefficient (Wildman–Crippen LogP) is 3.08. The van der Waals surface area contributed by atoms with E-state index in [9.17, 15) is 4.39 Å². The zero-order valence-electron chi connectivity index (χ0n) is 10.9. The van der Waals surface area contributed by atoms with Gasteiger partial charge in [0.2, 0.25) is 0 Å². The Bertz CT molecular complexity index is 544. The lowest BCUT2D eigenvalue weighted by atomic mass is 10.1. The molecule has 0 spiro atoms. The van der Waals surface area contributed by atoms with Gasteiger partial charge in [-0.25, -0.2) is 9.97 Å². The largest absolute Gasteiger partial charge is 0.490 e. The van der Waals surface area contributed by atoms with Crippen molar-refractivity contribution in [3.05, 3.63) is 36.7 Å². The number of hydrogen-bond donors (Lipinski definition) is 0. The van der Waals surface area contributed by atoms with Gasteiger partial charge in [0.1, 0.15) is 0 Å². The monoisotopic (exact) mass is 262 g/mol. The number of rotatable bonds is 5. The van der Waals surface area contributed by atoms with Crippen LogP contribution in [0.5, 0.6) is 11.5 Å². The minimum absolute atomic E-state index is 0.545. The number of ether oxygens (including phenoxy) is 2. The summed E-state index contributed by atoms with van der Waals surface area (Å²) in [5.41, 5.74) is 1.58. The first-order valence-electron chi connectivity index (χ1n) is 6.12. The molecule has 5 heteroatoms. The van der Waals surface area contributed by atoms with Crippen LogP contribution in [0.15, 0.2) is 30.6 Å². The van der Waals surface area contributed by atoms with E-state index >= 15 is 0 Å². The third-order valence-corrected chi connectivity index (χ3v) is 2.50. The third kappa shape index (κ3) is 3.19. The van der Waals surface area contributed by atoms with Crippen LogP contribution < -0.4 is 9.47 Å². The van der Waals surface area contributed by atoms with Crippen molar-refractivity contribution in [1.82, 2.24) is 9.97 Å². The van der Waals surface area contributed by atoms with E-state index in [1.807, 2.05) is 32.0 Å². The van der Waals surface area contributed by atoms with Gasteiger partial charge in [-0.15, -0.1) is 0 Å². The van der Waals surface area contributed by atoms with Gasteiger partial charge in [0.25, 0.3) is 0 Å². The van der Waals surface area contributed by atoms with Crippen LogP contribution in [0.3, 0.4) is 0 Å². The minimum atomic E-state index is -0.736. The maximum absolute atomic E-state index is 12.7. The van der Waals surface area contributed by atoms with Crippen molar-refractivity contribution < 1.29 is 13.9 Å². The zero-order chi connectivity index (χ0) is 13.7. The topological polar surface area (TPSA) is 44.2 Å². The fourth-order valence-corrected chi connectivity index (χ4v) is 1.69. The molecule has 0 aliphatic rings. The van der Waals surface area contributed by atoms with E-state index in [1.54, 1.807) is 0 Å². The SMILES string of the molecule is CCOc1ccc(-c2cnc(F)nc2)cc1OCC. The zero-order valence-corrected chi connectivity index (χ0v) is 10.9. The summed E-state index contributed by atoms with van der Waals surface area (Å²) >= 11 is 0. The molecule has 0 saturated carbocycles. The molecule has 0 fully saturated rings. The molecular formula is C14H15FN2O2. The van der Waals surface area contributed by atoms with Crippen molar-refractivity contribution in [3.8, 4) is 22.6 Å². The molecule has 2 aromatic rings. The van der Waals surface area contributed by atoms with Crippen molar-refractivity contribution in [1.29, 1.82) is 0 Å². The van der Waals surface area contributed by atoms with Gasteiger partial charge in [-0.3, -0.25) is 0 Å². The summed E-state index contributed by atoms with van der Waals surface area (Å²) < 4.78 is 23.7. The molecule has 0 amide bonds. The van der Waals surface area contributed by atoms with Crippen LogP contribution in [-0.2, 0) is 0 Å². The van der Waals surface area contributed by atoms with Crippen LogP contribution >= 0.6 is 0 Å². The van der Waals surface area contributed by atoms with E-state index in [4.69, 9.17) is 9.47 Å². The summed E-state index contributed by atoms with van der Waals surface area (Å²) in [4.78, 5) is 7.08. The van der Waals surface area contributed by atoms with Crippen LogP contribution in [0.1, 0.15) is 13.8 Å². The average Bonchev–Trinajstić information content (AvgIpc) is 2.42. The van der Waals surface area contributed by atoms with Gasteiger partial charge >= 0.3 is 6.08 Å². The Morgan fingerprint density at radius 1 is 0.947 bits per heavy atom. The Kier molecular flexibility index (Phi) is 4.28. The highest BCUT2D eigenvalue weighted by molar-refractivity contribution is 5.65. The van der Waals surface area contributed by atoms with Crippen LogP contribution in [0.25, 0.3) is 11.1 Å². The van der Waals surface area contributed by atoms with E-state index in [0.29, 0.717) is 24.7 Å². The van der Waals surface area contributed by atoms with Gasteiger partial charge < -0.3 is 9.47 Å². The molecule has 0 radical (unpaired) electrons. The number of halogens is 1. The Morgan fingerprint density at radius 3 is 2.21 bits per heavy atom. The van der Waals surface area contributed by atoms with Gasteiger partial charge in [-0.2, -0.15) is 4.39 Å². The van der Waals surface area contributed by atoms with Crippen molar-refractivity contribution in [3.63, 3.8) is 0 Å². The second-order valence-electron chi connectivity index (χ2n) is 3.77. The Hall–Kier alpha value is -2.17. The third-order valence-electron chi connectivity index (χ3n) is 2.50. The summed E-state index contributed by atoms with van der Waals surface area (Å²) in [5.74, 6) is 1.35. The van der Waals surface area contributed by atoms with Gasteiger partial charge in [0, 0.05) is 18.0 Å². The highest BCUT2D eigenvalue weighted by Crippen LogP contribution is 2.32. The summed E-state index contributed by atoms with van der Waals surface area (Å²) in [7, 11) is 0. The molecule has 0 N–H and O–H groups in total. The standard InChI is InChI=1S/C14H15FN2O2/c1-3-18-12-6-5-10(7-13(12)19-4-2)11-8-16-14(15)17-9-11/h5-9H,3-4H2,1-2H3. The van der Waals surface area contributed by atoms with E-state index in [1.165, 1.54) is 12.4 Å². The van der Waals surface area contributed by atoms with Crippen molar-refractivity contribution in [2.24, 2.45) is 0 Å². The van der Waals surface area contributed by atoms with Crippen LogP contribution in [0.4, 0.5) is 4.39 Å². The summed E-state index contributed by atoms with van der Waals surface area (Å²) in [5, 5.41) is 0. The van der Waals surface area contributed by atoms with E-state index in [0.717, 1.165) is 11.1 Å². The van der Waals surface area contributed by atoms with Crippen molar-refractivity contribution >= 4 is 0 Å². The first kappa shape index (κ1) is 13.3. The molecule has 0 aliphatic carbocycles. The molecule has 1 aromatic carbocycles. The first-order chi connectivity index (χ1) is 9.24. The molecule has 1 heterocycles. The van der Waals surface area contributed by atoms with Gasteiger partial charge in [-0.1, -0.05) is 6.07 Å². The maximum Gasteiger partial charge on any atom is 0.308 e. The fourth-order valence-electron chi connectivity index (χ4n) is 1.69. The van der Waals surface area contributed by atoms with E-state index in [2.05, 4.69) is 9.97 Å². The number of hydrogen-bond acceptors (Lipinski definition) is 4. The Morgan fingerprint density at radius 2 is 1.58 bits per heavy atom. The van der Waals surface area contributed by atoms with Crippen molar-refractivity contribution in [2.45, 2.75) is 13.8 Å². The summed E-state index contributed by atoms with van der Waals surface area (Å²) in [6.45, 7) is 4.93. The molecule has 4 nitrogen and oxygen atoms in total. The minimum Gasteiger partial charge on any atom is -0.490 e. The highest BCUT2D eigenvalue weighted by Gasteiger charge is 2.08. The predicted molar refractivity (Wildman–Crippen MR) is 69.8 cm³/mol. The summed E-state index contributed by atoms with van der Waals surface area (Å²) in [6, 6.07) is 5.53. The van der Waals surface area contributed by atoms with E-state index < -0.39 is 6.08 Å². The molecule has 0 atom stereocenters. The molecule has 1 aromatic heterocycles. The molecule has 100 valence electrons. The quantitative estimate of drug-likeness (QED) is 0.777. The molecule has 0 bridgehead atoms. The molecular weight excluding hydrogens is 247 g/mol. The molecule has 2 rings (SSSR count). The first-order valence-corrected chi connectivity index (χ1v) is 6.12. The average molecular weight is 262 g/mol. The molecule has 0 saturated heterocycles. The number of benzene rings is 1. The van der Waals surface area contributed by atoms with Crippen molar-refractivity contribution in [2.75, 3.05) is 13.2 Å². The lowest BCUT2D eigenvalue weighted by molar-refractivity contribution is 0.288. The normalized spacial score (nSPS) is 10.3.